The molecule has 0 radical (unpaired) electrons. The Hall–Kier alpha value is -7.24. The first-order chi connectivity index (χ1) is 31.7. The predicted octanol–water partition coefficient (Wildman–Crippen LogP) is 14.8. The van der Waals surface area contributed by atoms with Gasteiger partial charge in [0.2, 0.25) is 0 Å². The average Bonchev–Trinajstić information content (AvgIpc) is 3.52. The van der Waals surface area contributed by atoms with Crippen LogP contribution in [0.5, 0.6) is 0 Å². The molecule has 4 heteroatoms. The number of nitrogens with zero attached hydrogens (tertiary/aromatic N) is 1. The minimum absolute atomic E-state index is 0.472. The van der Waals surface area contributed by atoms with Crippen LogP contribution in [0.3, 0.4) is 0 Å². The SMILES string of the molecule is CC1(C)OB(c2cccc(C3(c4ccc(N(c5ccc(-c6ccccc6)cc5)c5ccc(-c6ccccc6)cc5)cc4)c4ccccc4-c4ccccc4-c4ccccc43)c2)OC1(C)C. The highest BCUT2D eigenvalue weighted by atomic mass is 16.7. The molecule has 0 atom stereocenters. The molecule has 0 saturated carbocycles. The molecule has 314 valence electrons. The first kappa shape index (κ1) is 40.5. The Balaban J connectivity index is 1.11. The molecular formula is C61H50BNO2. The summed E-state index contributed by atoms with van der Waals surface area (Å²) in [5, 5.41) is 0. The van der Waals surface area contributed by atoms with Crippen LogP contribution in [0.1, 0.15) is 49.9 Å². The molecule has 0 aromatic heterocycles. The summed E-state index contributed by atoms with van der Waals surface area (Å²) in [7, 11) is -0.511. The Morgan fingerprint density at radius 3 is 1.18 bits per heavy atom. The van der Waals surface area contributed by atoms with Crippen LogP contribution >= 0.6 is 0 Å². The maximum Gasteiger partial charge on any atom is 0.494 e. The fourth-order valence-corrected chi connectivity index (χ4v) is 10.0. The lowest BCUT2D eigenvalue weighted by molar-refractivity contribution is 0.00578. The van der Waals surface area contributed by atoms with Gasteiger partial charge in [0.05, 0.1) is 16.6 Å². The van der Waals surface area contributed by atoms with E-state index in [1.165, 1.54) is 61.2 Å². The Labute approximate surface area is 383 Å². The van der Waals surface area contributed by atoms with Crippen LogP contribution in [0.4, 0.5) is 17.1 Å². The van der Waals surface area contributed by atoms with Gasteiger partial charge in [0.15, 0.2) is 0 Å². The maximum absolute atomic E-state index is 6.71. The third-order valence-electron chi connectivity index (χ3n) is 14.0. The molecule has 65 heavy (non-hydrogen) atoms. The largest absolute Gasteiger partial charge is 0.494 e. The van der Waals surface area contributed by atoms with Crippen molar-refractivity contribution in [2.75, 3.05) is 4.90 Å². The summed E-state index contributed by atoms with van der Waals surface area (Å²) < 4.78 is 13.4. The van der Waals surface area contributed by atoms with Crippen molar-refractivity contribution in [2.24, 2.45) is 0 Å². The molecule has 1 aliphatic heterocycles. The molecule has 9 aromatic rings. The van der Waals surface area contributed by atoms with Gasteiger partial charge in [-0.25, -0.2) is 0 Å². The molecule has 1 saturated heterocycles. The summed E-state index contributed by atoms with van der Waals surface area (Å²) in [6, 6.07) is 84.1. The first-order valence-electron chi connectivity index (χ1n) is 22.7. The zero-order valence-corrected chi connectivity index (χ0v) is 37.3. The zero-order valence-electron chi connectivity index (χ0n) is 37.3. The lowest BCUT2D eigenvalue weighted by Gasteiger charge is -2.38. The number of hydrogen-bond acceptors (Lipinski definition) is 3. The lowest BCUT2D eigenvalue weighted by Crippen LogP contribution is -2.41. The molecule has 1 heterocycles. The van der Waals surface area contributed by atoms with E-state index in [2.05, 4.69) is 263 Å². The summed E-state index contributed by atoms with van der Waals surface area (Å²) in [6.45, 7) is 8.47. The molecule has 2 aliphatic rings. The van der Waals surface area contributed by atoms with Gasteiger partial charge in [0.1, 0.15) is 0 Å². The average molecular weight is 840 g/mol. The molecule has 9 aromatic carbocycles. The van der Waals surface area contributed by atoms with Gasteiger partial charge in [0.25, 0.3) is 0 Å². The lowest BCUT2D eigenvalue weighted by atomic mass is 9.62. The third-order valence-corrected chi connectivity index (χ3v) is 14.0. The van der Waals surface area contributed by atoms with E-state index in [-0.39, 0.29) is 0 Å². The topological polar surface area (TPSA) is 21.7 Å². The molecule has 0 bridgehead atoms. The third kappa shape index (κ3) is 6.93. The van der Waals surface area contributed by atoms with Crippen LogP contribution in [0, 0.1) is 0 Å². The van der Waals surface area contributed by atoms with Gasteiger partial charge in [0, 0.05) is 17.1 Å². The number of benzene rings is 9. The van der Waals surface area contributed by atoms with Crippen LogP contribution in [-0.2, 0) is 14.7 Å². The Kier molecular flexibility index (Phi) is 10.0. The van der Waals surface area contributed by atoms with E-state index >= 15 is 0 Å². The zero-order chi connectivity index (χ0) is 44.2. The van der Waals surface area contributed by atoms with E-state index in [9.17, 15) is 0 Å². The first-order valence-corrected chi connectivity index (χ1v) is 22.7. The van der Waals surface area contributed by atoms with Crippen LogP contribution in [0.25, 0.3) is 44.5 Å². The molecule has 1 aliphatic carbocycles. The molecule has 0 unspecified atom stereocenters. The van der Waals surface area contributed by atoms with Gasteiger partial charge in [-0.2, -0.15) is 0 Å². The molecule has 11 rings (SSSR count). The highest BCUT2D eigenvalue weighted by Crippen LogP contribution is 2.55. The standard InChI is InChI=1S/C61H50BNO2/c1-59(2)60(3,4)65-62(64-59)49-23-17-22-48(42-49)61(57-28-15-13-26-55(57)53-24-11-12-25-54(53)56-27-14-16-29-58(56)61)47-34-40-52(41-35-47)63(50-36-30-45(31-37-50)43-18-7-5-8-19-43)51-38-32-46(33-39-51)44-20-9-6-10-21-44/h5-42H,1-4H3. The Morgan fingerprint density at radius 2 is 0.723 bits per heavy atom. The van der Waals surface area contributed by atoms with E-state index in [0.29, 0.717) is 0 Å². The quantitative estimate of drug-likeness (QED) is 0.142. The van der Waals surface area contributed by atoms with Gasteiger partial charge in [-0.05, 0) is 136 Å². The van der Waals surface area contributed by atoms with Crippen molar-refractivity contribution in [1.82, 2.24) is 0 Å². The van der Waals surface area contributed by atoms with Gasteiger partial charge < -0.3 is 14.2 Å². The minimum Gasteiger partial charge on any atom is -0.399 e. The molecule has 0 N–H and O–H groups in total. The maximum atomic E-state index is 6.71. The highest BCUT2D eigenvalue weighted by Gasteiger charge is 2.52. The smallest absolute Gasteiger partial charge is 0.399 e. The van der Waals surface area contributed by atoms with Crippen LogP contribution in [0.15, 0.2) is 231 Å². The second-order valence-corrected chi connectivity index (χ2v) is 18.3. The summed E-state index contributed by atoms with van der Waals surface area (Å²) in [6.07, 6.45) is 0. The molecule has 3 nitrogen and oxygen atoms in total. The number of fused-ring (bicyclic) bond motifs is 5. The number of hydrogen-bond donors (Lipinski definition) is 0. The Bertz CT molecular complexity index is 2980. The van der Waals surface area contributed by atoms with E-state index in [4.69, 9.17) is 9.31 Å². The van der Waals surface area contributed by atoms with Crippen molar-refractivity contribution in [3.63, 3.8) is 0 Å². The van der Waals surface area contributed by atoms with Crippen LogP contribution in [-0.4, -0.2) is 18.3 Å². The van der Waals surface area contributed by atoms with E-state index in [1.807, 2.05) is 0 Å². The highest BCUT2D eigenvalue weighted by molar-refractivity contribution is 6.62. The predicted molar refractivity (Wildman–Crippen MR) is 270 cm³/mol. The fourth-order valence-electron chi connectivity index (χ4n) is 10.0. The number of rotatable bonds is 8. The summed E-state index contributed by atoms with van der Waals surface area (Å²) in [5.74, 6) is 0. The van der Waals surface area contributed by atoms with E-state index in [1.54, 1.807) is 0 Å². The van der Waals surface area contributed by atoms with Gasteiger partial charge in [-0.1, -0.05) is 194 Å². The molecule has 0 amide bonds. The Morgan fingerprint density at radius 1 is 0.338 bits per heavy atom. The van der Waals surface area contributed by atoms with Crippen molar-refractivity contribution in [3.8, 4) is 44.5 Å². The van der Waals surface area contributed by atoms with E-state index in [0.717, 1.165) is 28.1 Å². The molecular weight excluding hydrogens is 789 g/mol. The molecule has 1 fully saturated rings. The van der Waals surface area contributed by atoms with Crippen molar-refractivity contribution >= 4 is 29.6 Å². The van der Waals surface area contributed by atoms with Gasteiger partial charge >= 0.3 is 7.12 Å². The number of anilines is 3. The second-order valence-electron chi connectivity index (χ2n) is 18.3. The molecule has 0 spiro atoms. The second kappa shape index (κ2) is 16.1. The van der Waals surface area contributed by atoms with Crippen LogP contribution < -0.4 is 10.4 Å². The van der Waals surface area contributed by atoms with Crippen molar-refractivity contribution in [2.45, 2.75) is 44.3 Å². The fraction of sp³-hybridized carbons (Fsp3) is 0.115. The summed E-state index contributed by atoms with van der Waals surface area (Å²) >= 11 is 0. The summed E-state index contributed by atoms with van der Waals surface area (Å²) in [5.41, 5.74) is 16.9. The van der Waals surface area contributed by atoms with Crippen LogP contribution in [0.2, 0.25) is 0 Å². The van der Waals surface area contributed by atoms with Gasteiger partial charge in [-0.15, -0.1) is 0 Å². The van der Waals surface area contributed by atoms with Gasteiger partial charge in [-0.3, -0.25) is 0 Å². The van der Waals surface area contributed by atoms with Crippen molar-refractivity contribution in [3.05, 3.63) is 253 Å². The monoisotopic (exact) mass is 839 g/mol. The van der Waals surface area contributed by atoms with Crippen molar-refractivity contribution < 1.29 is 9.31 Å². The van der Waals surface area contributed by atoms with E-state index < -0.39 is 23.7 Å². The van der Waals surface area contributed by atoms with Crippen molar-refractivity contribution in [1.29, 1.82) is 0 Å². The normalized spacial score (nSPS) is 15.3. The minimum atomic E-state index is -0.732. The summed E-state index contributed by atoms with van der Waals surface area (Å²) in [4.78, 5) is 2.36.